The van der Waals surface area contributed by atoms with E-state index in [1.165, 1.54) is 5.56 Å². The van der Waals surface area contributed by atoms with Crippen LogP contribution in [0.1, 0.15) is 29.2 Å². The van der Waals surface area contributed by atoms with Crippen molar-refractivity contribution in [1.82, 2.24) is 5.32 Å². The Morgan fingerprint density at radius 3 is 2.83 bits per heavy atom. The van der Waals surface area contributed by atoms with Crippen LogP contribution < -0.4 is 5.32 Å². The molecule has 1 aliphatic rings. The Hall–Kier alpha value is -2.04. The molecule has 1 amide bonds. The molecule has 3 rings (SSSR count). The number of carbonyl (C=O) groups excluding carboxylic acids is 1. The molecular weight excluding hydrogens is 314 g/mol. The Balaban J connectivity index is 1.67. The number of phenolic OH excluding ortho intramolecular Hbond substituents is 1. The molecule has 0 saturated heterocycles. The second-order valence-corrected chi connectivity index (χ2v) is 6.30. The number of halogens is 1. The number of hydrogen-bond acceptors (Lipinski definition) is 3. The fourth-order valence-corrected chi connectivity index (χ4v) is 3.17. The molecule has 1 aliphatic carbocycles. The Morgan fingerprint density at radius 1 is 1.22 bits per heavy atom. The number of aryl methyl sites for hydroxylation is 1. The first-order valence-electron chi connectivity index (χ1n) is 7.57. The van der Waals surface area contributed by atoms with Crippen molar-refractivity contribution in [2.24, 2.45) is 0 Å². The Bertz CT molecular complexity index is 732. The van der Waals surface area contributed by atoms with Gasteiger partial charge >= 0.3 is 0 Å². The van der Waals surface area contributed by atoms with Gasteiger partial charge in [-0.2, -0.15) is 0 Å². The molecule has 0 saturated carbocycles. The Kier molecular flexibility index (Phi) is 4.55. The highest BCUT2D eigenvalue weighted by atomic mass is 35.5. The Morgan fingerprint density at radius 2 is 2.04 bits per heavy atom. The molecule has 0 unspecified atom stereocenters. The lowest BCUT2D eigenvalue weighted by molar-refractivity contribution is -0.130. The summed E-state index contributed by atoms with van der Waals surface area (Å²) in [5.41, 5.74) is 2.71. The van der Waals surface area contributed by atoms with Gasteiger partial charge in [0.1, 0.15) is 5.75 Å². The number of phenols is 1. The van der Waals surface area contributed by atoms with Gasteiger partial charge in [0.15, 0.2) is 6.10 Å². The summed E-state index contributed by atoms with van der Waals surface area (Å²) in [7, 11) is 0. The molecule has 4 nitrogen and oxygen atoms in total. The molecule has 0 heterocycles. The lowest BCUT2D eigenvalue weighted by Crippen LogP contribution is -2.41. The molecule has 0 aromatic heterocycles. The first kappa shape index (κ1) is 15.8. The third-order valence-electron chi connectivity index (χ3n) is 4.18. The number of aliphatic hydroxyl groups is 1. The van der Waals surface area contributed by atoms with Crippen LogP contribution in [0.4, 0.5) is 0 Å². The number of aliphatic hydroxyl groups excluding tert-OH is 1. The van der Waals surface area contributed by atoms with E-state index in [2.05, 4.69) is 5.32 Å². The standard InChI is InChI=1S/C18H18ClNO3/c19-14-3-1-2-12(8-14)17(22)18(23)20-15-6-4-11-5-7-16(21)10-13(11)9-15/h1-3,5,7-8,10,15,17,21-22H,4,6,9H2,(H,20,23)/t15-,17+/m1/s1. The number of benzene rings is 2. The summed E-state index contributed by atoms with van der Waals surface area (Å²) in [6.07, 6.45) is 1.07. The van der Waals surface area contributed by atoms with Crippen LogP contribution in [0.2, 0.25) is 5.02 Å². The summed E-state index contributed by atoms with van der Waals surface area (Å²) >= 11 is 5.89. The highest BCUT2D eigenvalue weighted by Crippen LogP contribution is 2.25. The van der Waals surface area contributed by atoms with Gasteiger partial charge in [-0.05, 0) is 60.2 Å². The predicted octanol–water partition coefficient (Wildman–Crippen LogP) is 2.75. The van der Waals surface area contributed by atoms with Crippen molar-refractivity contribution in [3.05, 3.63) is 64.2 Å². The van der Waals surface area contributed by atoms with Crippen LogP contribution in [-0.4, -0.2) is 22.2 Å². The average molecular weight is 332 g/mol. The zero-order chi connectivity index (χ0) is 16.4. The van der Waals surface area contributed by atoms with E-state index >= 15 is 0 Å². The topological polar surface area (TPSA) is 69.6 Å². The van der Waals surface area contributed by atoms with Crippen molar-refractivity contribution in [1.29, 1.82) is 0 Å². The third kappa shape index (κ3) is 3.66. The maximum atomic E-state index is 12.2. The summed E-state index contributed by atoms with van der Waals surface area (Å²) in [5, 5.41) is 23.1. The molecule has 2 aromatic carbocycles. The molecule has 120 valence electrons. The van der Waals surface area contributed by atoms with E-state index in [-0.39, 0.29) is 11.8 Å². The van der Waals surface area contributed by atoms with Gasteiger partial charge in [0.2, 0.25) is 0 Å². The number of aromatic hydroxyl groups is 1. The van der Waals surface area contributed by atoms with Crippen molar-refractivity contribution in [2.45, 2.75) is 31.4 Å². The van der Waals surface area contributed by atoms with Gasteiger partial charge in [0.05, 0.1) is 0 Å². The number of nitrogens with one attached hydrogen (secondary N) is 1. The minimum absolute atomic E-state index is 0.0503. The molecule has 0 fully saturated rings. The van der Waals surface area contributed by atoms with Crippen molar-refractivity contribution in [3.63, 3.8) is 0 Å². The number of fused-ring (bicyclic) bond motifs is 1. The van der Waals surface area contributed by atoms with Crippen LogP contribution in [0.25, 0.3) is 0 Å². The van der Waals surface area contributed by atoms with E-state index in [9.17, 15) is 15.0 Å². The second kappa shape index (κ2) is 6.60. The number of amides is 1. The fraction of sp³-hybridized carbons (Fsp3) is 0.278. The van der Waals surface area contributed by atoms with Gasteiger partial charge < -0.3 is 15.5 Å². The lowest BCUT2D eigenvalue weighted by atomic mass is 9.88. The van der Waals surface area contributed by atoms with Gasteiger partial charge in [0, 0.05) is 11.1 Å². The monoisotopic (exact) mass is 331 g/mol. The van der Waals surface area contributed by atoms with Crippen molar-refractivity contribution < 1.29 is 15.0 Å². The highest BCUT2D eigenvalue weighted by molar-refractivity contribution is 6.30. The quantitative estimate of drug-likeness (QED) is 0.810. The maximum absolute atomic E-state index is 12.2. The largest absolute Gasteiger partial charge is 0.508 e. The first-order chi connectivity index (χ1) is 11.0. The van der Waals surface area contributed by atoms with Crippen LogP contribution in [0.15, 0.2) is 42.5 Å². The van der Waals surface area contributed by atoms with Crippen molar-refractivity contribution in [3.8, 4) is 5.75 Å². The predicted molar refractivity (Wildman–Crippen MR) is 88.5 cm³/mol. The minimum Gasteiger partial charge on any atom is -0.508 e. The number of hydrogen-bond donors (Lipinski definition) is 3. The zero-order valence-corrected chi connectivity index (χ0v) is 13.3. The summed E-state index contributed by atoms with van der Waals surface area (Å²) < 4.78 is 0. The first-order valence-corrected chi connectivity index (χ1v) is 7.95. The molecule has 23 heavy (non-hydrogen) atoms. The minimum atomic E-state index is -1.24. The normalized spacial score (nSPS) is 18.1. The number of carbonyl (C=O) groups is 1. The lowest BCUT2D eigenvalue weighted by Gasteiger charge is -2.26. The van der Waals surface area contributed by atoms with Gasteiger partial charge in [-0.1, -0.05) is 29.8 Å². The molecule has 2 aromatic rings. The molecule has 0 spiro atoms. The molecular formula is C18H18ClNO3. The fourth-order valence-electron chi connectivity index (χ4n) is 2.97. The average Bonchev–Trinajstić information content (AvgIpc) is 2.53. The van der Waals surface area contributed by atoms with Gasteiger partial charge in [-0.25, -0.2) is 0 Å². The molecule has 3 N–H and O–H groups in total. The molecule has 0 bridgehead atoms. The molecule has 2 atom stereocenters. The molecule has 0 aliphatic heterocycles. The van der Waals surface area contributed by atoms with Gasteiger partial charge in [-0.3, -0.25) is 4.79 Å². The summed E-state index contributed by atoms with van der Waals surface area (Å²) in [5.74, 6) is -0.199. The van der Waals surface area contributed by atoms with E-state index in [4.69, 9.17) is 11.6 Å². The van der Waals surface area contributed by atoms with Crippen LogP contribution in [0.3, 0.4) is 0 Å². The zero-order valence-electron chi connectivity index (χ0n) is 12.5. The Labute approximate surface area is 139 Å². The maximum Gasteiger partial charge on any atom is 0.253 e. The van der Waals surface area contributed by atoms with E-state index in [1.807, 2.05) is 6.07 Å². The SMILES string of the molecule is O=C(N[C@@H]1CCc2ccc(O)cc2C1)[C@@H](O)c1cccc(Cl)c1. The molecule has 5 heteroatoms. The van der Waals surface area contributed by atoms with E-state index in [0.717, 1.165) is 18.4 Å². The van der Waals surface area contributed by atoms with Crippen molar-refractivity contribution in [2.75, 3.05) is 0 Å². The van der Waals surface area contributed by atoms with Crippen molar-refractivity contribution >= 4 is 17.5 Å². The van der Waals surface area contributed by atoms with E-state index < -0.39 is 12.0 Å². The van der Waals surface area contributed by atoms with Gasteiger partial charge in [0.25, 0.3) is 5.91 Å². The summed E-state index contributed by atoms with van der Waals surface area (Å²) in [4.78, 5) is 12.2. The van der Waals surface area contributed by atoms with Crippen LogP contribution in [0.5, 0.6) is 5.75 Å². The third-order valence-corrected chi connectivity index (χ3v) is 4.41. The van der Waals surface area contributed by atoms with Crippen LogP contribution in [0, 0.1) is 0 Å². The summed E-state index contributed by atoms with van der Waals surface area (Å²) in [6, 6.07) is 11.9. The highest BCUT2D eigenvalue weighted by Gasteiger charge is 2.24. The van der Waals surface area contributed by atoms with Gasteiger partial charge in [-0.15, -0.1) is 0 Å². The number of rotatable bonds is 3. The smallest absolute Gasteiger partial charge is 0.253 e. The van der Waals surface area contributed by atoms with Crippen LogP contribution in [-0.2, 0) is 17.6 Å². The van der Waals surface area contributed by atoms with Crippen LogP contribution >= 0.6 is 11.6 Å². The summed E-state index contributed by atoms with van der Waals surface area (Å²) in [6.45, 7) is 0. The second-order valence-electron chi connectivity index (χ2n) is 5.86. The van der Waals surface area contributed by atoms with E-state index in [0.29, 0.717) is 17.0 Å². The van der Waals surface area contributed by atoms with E-state index in [1.54, 1.807) is 36.4 Å². The molecule has 0 radical (unpaired) electrons.